The van der Waals surface area contributed by atoms with Gasteiger partial charge in [-0.1, -0.05) is 28.1 Å². The molecule has 0 aliphatic heterocycles. The molecule has 0 atom stereocenters. The van der Waals surface area contributed by atoms with Gasteiger partial charge in [-0.2, -0.15) is 0 Å². The summed E-state index contributed by atoms with van der Waals surface area (Å²) in [6.45, 7) is 0. The highest BCUT2D eigenvalue weighted by atomic mass is 79.9. The number of hydrogen-bond donors (Lipinski definition) is 0. The van der Waals surface area contributed by atoms with E-state index in [1.165, 1.54) is 14.2 Å². The summed E-state index contributed by atoms with van der Waals surface area (Å²) >= 11 is 3.33. The van der Waals surface area contributed by atoms with Gasteiger partial charge >= 0.3 is 0 Å². The average Bonchev–Trinajstić information content (AvgIpc) is 2.23. The largest absolute Gasteiger partial charge is 0.349 e. The SMILES string of the molecule is COC(OC)C(=O)Cc1ccc(Br)cc1. The van der Waals surface area contributed by atoms with E-state index in [2.05, 4.69) is 15.9 Å². The Labute approximate surface area is 97.5 Å². The summed E-state index contributed by atoms with van der Waals surface area (Å²) in [5.41, 5.74) is 0.947. The Morgan fingerprint density at radius 3 is 2.27 bits per heavy atom. The van der Waals surface area contributed by atoms with Gasteiger partial charge in [0.15, 0.2) is 5.78 Å². The molecular weight excluding hydrogens is 260 g/mol. The Hall–Kier alpha value is -0.710. The van der Waals surface area contributed by atoms with E-state index < -0.39 is 6.29 Å². The van der Waals surface area contributed by atoms with Crippen molar-refractivity contribution >= 4 is 21.7 Å². The Balaban J connectivity index is 2.61. The Kier molecular flexibility index (Phi) is 4.94. The minimum absolute atomic E-state index is 0.0812. The number of halogens is 1. The van der Waals surface area contributed by atoms with E-state index in [1.807, 2.05) is 24.3 Å². The highest BCUT2D eigenvalue weighted by Crippen LogP contribution is 2.12. The summed E-state index contributed by atoms with van der Waals surface area (Å²) in [7, 11) is 2.90. The van der Waals surface area contributed by atoms with Gasteiger partial charge < -0.3 is 9.47 Å². The van der Waals surface area contributed by atoms with Gasteiger partial charge in [-0.15, -0.1) is 0 Å². The molecule has 0 radical (unpaired) electrons. The predicted octanol–water partition coefficient (Wildman–Crippen LogP) is 2.18. The van der Waals surface area contributed by atoms with Gasteiger partial charge in [0.1, 0.15) is 0 Å². The molecular formula is C11H13BrO3. The minimum Gasteiger partial charge on any atom is -0.349 e. The van der Waals surface area contributed by atoms with Crippen LogP contribution < -0.4 is 0 Å². The molecule has 0 N–H and O–H groups in total. The molecule has 82 valence electrons. The number of ether oxygens (including phenoxy) is 2. The molecule has 1 aromatic carbocycles. The van der Waals surface area contributed by atoms with Gasteiger partial charge in [-0.05, 0) is 17.7 Å². The van der Waals surface area contributed by atoms with Crippen LogP contribution in [0.3, 0.4) is 0 Å². The molecule has 0 unspecified atom stereocenters. The van der Waals surface area contributed by atoms with E-state index in [9.17, 15) is 4.79 Å². The highest BCUT2D eigenvalue weighted by Gasteiger charge is 2.16. The molecule has 0 aromatic heterocycles. The molecule has 0 heterocycles. The maximum Gasteiger partial charge on any atom is 0.217 e. The van der Waals surface area contributed by atoms with Gasteiger partial charge in [0, 0.05) is 25.1 Å². The van der Waals surface area contributed by atoms with E-state index in [-0.39, 0.29) is 5.78 Å². The molecule has 0 fully saturated rings. The zero-order valence-corrected chi connectivity index (χ0v) is 10.3. The lowest BCUT2D eigenvalue weighted by atomic mass is 10.1. The van der Waals surface area contributed by atoms with Gasteiger partial charge in [0.2, 0.25) is 6.29 Å². The van der Waals surface area contributed by atoms with Crippen LogP contribution in [0.2, 0.25) is 0 Å². The van der Waals surface area contributed by atoms with Gasteiger partial charge in [-0.3, -0.25) is 4.79 Å². The third-order valence-corrected chi connectivity index (χ3v) is 2.51. The molecule has 1 aromatic rings. The number of benzene rings is 1. The number of rotatable bonds is 5. The molecule has 15 heavy (non-hydrogen) atoms. The first-order valence-corrected chi connectivity index (χ1v) is 5.29. The maximum atomic E-state index is 11.6. The molecule has 0 amide bonds. The van der Waals surface area contributed by atoms with Crippen molar-refractivity contribution in [1.29, 1.82) is 0 Å². The van der Waals surface area contributed by atoms with Crippen LogP contribution in [0.1, 0.15) is 5.56 Å². The van der Waals surface area contributed by atoms with Crippen LogP contribution in [0.15, 0.2) is 28.7 Å². The normalized spacial score (nSPS) is 10.7. The fraction of sp³-hybridized carbons (Fsp3) is 0.364. The van der Waals surface area contributed by atoms with Crippen LogP contribution in [0.25, 0.3) is 0 Å². The molecule has 0 aliphatic carbocycles. The second kappa shape index (κ2) is 6.00. The van der Waals surface area contributed by atoms with Gasteiger partial charge in [-0.25, -0.2) is 0 Å². The number of ketones is 1. The lowest BCUT2D eigenvalue weighted by molar-refractivity contribution is -0.155. The second-order valence-corrected chi connectivity index (χ2v) is 3.99. The molecule has 1 rings (SSSR count). The zero-order chi connectivity index (χ0) is 11.3. The number of carbonyl (C=O) groups excluding carboxylic acids is 1. The third kappa shape index (κ3) is 3.74. The Morgan fingerprint density at radius 1 is 1.27 bits per heavy atom. The number of hydrogen-bond acceptors (Lipinski definition) is 3. The number of Topliss-reactive ketones (excluding diaryl/α,β-unsaturated/α-hetero) is 1. The summed E-state index contributed by atoms with van der Waals surface area (Å²) in [5.74, 6) is -0.0812. The fourth-order valence-electron chi connectivity index (χ4n) is 1.25. The summed E-state index contributed by atoms with van der Waals surface area (Å²) in [5, 5.41) is 0. The first-order valence-electron chi connectivity index (χ1n) is 4.50. The standard InChI is InChI=1S/C11H13BrO3/c1-14-11(15-2)10(13)7-8-3-5-9(12)6-4-8/h3-6,11H,7H2,1-2H3. The van der Waals surface area contributed by atoms with Crippen molar-refractivity contribution < 1.29 is 14.3 Å². The van der Waals surface area contributed by atoms with E-state index in [4.69, 9.17) is 9.47 Å². The molecule has 0 saturated heterocycles. The monoisotopic (exact) mass is 272 g/mol. The van der Waals surface area contributed by atoms with Gasteiger partial charge in [0.25, 0.3) is 0 Å². The highest BCUT2D eigenvalue weighted by molar-refractivity contribution is 9.10. The average molecular weight is 273 g/mol. The van der Waals surface area contributed by atoms with E-state index in [0.717, 1.165) is 10.0 Å². The Morgan fingerprint density at radius 2 is 1.80 bits per heavy atom. The van der Waals surface area contributed by atoms with Crippen molar-refractivity contribution in [3.8, 4) is 0 Å². The van der Waals surface area contributed by atoms with Crippen LogP contribution in [0.5, 0.6) is 0 Å². The van der Waals surface area contributed by atoms with Crippen LogP contribution >= 0.6 is 15.9 Å². The summed E-state index contributed by atoms with van der Waals surface area (Å²) in [6, 6.07) is 7.59. The number of methoxy groups -OCH3 is 2. The minimum atomic E-state index is -0.770. The predicted molar refractivity (Wildman–Crippen MR) is 60.7 cm³/mol. The smallest absolute Gasteiger partial charge is 0.217 e. The third-order valence-electron chi connectivity index (χ3n) is 1.98. The second-order valence-electron chi connectivity index (χ2n) is 3.07. The van der Waals surface area contributed by atoms with Crippen molar-refractivity contribution in [2.75, 3.05) is 14.2 Å². The summed E-state index contributed by atoms with van der Waals surface area (Å²) < 4.78 is 10.7. The Bertz CT molecular complexity index is 317. The summed E-state index contributed by atoms with van der Waals surface area (Å²) in [4.78, 5) is 11.6. The van der Waals surface area contributed by atoms with Crippen LogP contribution in [-0.4, -0.2) is 26.3 Å². The van der Waals surface area contributed by atoms with Crippen molar-refractivity contribution in [2.24, 2.45) is 0 Å². The molecule has 0 saturated carbocycles. The van der Waals surface area contributed by atoms with Crippen molar-refractivity contribution in [1.82, 2.24) is 0 Å². The lowest BCUT2D eigenvalue weighted by Crippen LogP contribution is -2.26. The fourth-order valence-corrected chi connectivity index (χ4v) is 1.51. The van der Waals surface area contributed by atoms with Crippen LogP contribution in [0, 0.1) is 0 Å². The molecule has 0 bridgehead atoms. The molecule has 3 nitrogen and oxygen atoms in total. The quantitative estimate of drug-likeness (QED) is 0.771. The van der Waals surface area contributed by atoms with E-state index in [0.29, 0.717) is 6.42 Å². The zero-order valence-electron chi connectivity index (χ0n) is 8.70. The first kappa shape index (κ1) is 12.4. The topological polar surface area (TPSA) is 35.5 Å². The first-order chi connectivity index (χ1) is 7.17. The molecule has 0 spiro atoms. The van der Waals surface area contributed by atoms with E-state index >= 15 is 0 Å². The molecule has 4 heteroatoms. The van der Waals surface area contributed by atoms with Crippen LogP contribution in [-0.2, 0) is 20.7 Å². The van der Waals surface area contributed by atoms with Crippen molar-refractivity contribution in [2.45, 2.75) is 12.7 Å². The van der Waals surface area contributed by atoms with Crippen molar-refractivity contribution in [3.05, 3.63) is 34.3 Å². The summed E-state index contributed by atoms with van der Waals surface area (Å²) in [6.07, 6.45) is -0.451. The number of carbonyl (C=O) groups is 1. The van der Waals surface area contributed by atoms with Crippen LogP contribution in [0.4, 0.5) is 0 Å². The van der Waals surface area contributed by atoms with Gasteiger partial charge in [0.05, 0.1) is 0 Å². The lowest BCUT2D eigenvalue weighted by Gasteiger charge is -2.11. The maximum absolute atomic E-state index is 11.6. The van der Waals surface area contributed by atoms with E-state index in [1.54, 1.807) is 0 Å². The molecule has 0 aliphatic rings. The van der Waals surface area contributed by atoms with Crippen molar-refractivity contribution in [3.63, 3.8) is 0 Å².